The van der Waals surface area contributed by atoms with Crippen molar-refractivity contribution in [3.05, 3.63) is 54.1 Å². The molecule has 0 bridgehead atoms. The van der Waals surface area contributed by atoms with Gasteiger partial charge in [0.25, 0.3) is 0 Å². The number of carbonyl (C=O) groups excluding carboxylic acids is 1. The SMILES string of the molecule is COC(=O)Nc1cc(S(=O)(=O)N(CC(C)C)C[C@@H](O)[C@@H](N)Cc2ccccc2)ccc1O. The normalized spacial score (nSPS) is 13.7. The van der Waals surface area contributed by atoms with E-state index in [4.69, 9.17) is 5.73 Å². The van der Waals surface area contributed by atoms with Gasteiger partial charge in [-0.15, -0.1) is 0 Å². The molecular weight excluding hydrogens is 434 g/mol. The molecule has 10 heteroatoms. The number of nitrogens with zero attached hydrogens (tertiary/aromatic N) is 1. The summed E-state index contributed by atoms with van der Waals surface area (Å²) in [6, 6.07) is 12.3. The van der Waals surface area contributed by atoms with Gasteiger partial charge >= 0.3 is 6.09 Å². The first kappa shape index (κ1) is 25.6. The number of anilines is 1. The number of phenolic OH excluding ortho intramolecular Hbond substituents is 1. The second-order valence-corrected chi connectivity index (χ2v) is 9.87. The van der Waals surface area contributed by atoms with Crippen LogP contribution in [0.25, 0.3) is 0 Å². The predicted octanol–water partition coefficient (Wildman–Crippen LogP) is 2.15. The van der Waals surface area contributed by atoms with Gasteiger partial charge in [-0.25, -0.2) is 13.2 Å². The monoisotopic (exact) mass is 465 g/mol. The number of carbonyl (C=O) groups is 1. The molecule has 0 saturated heterocycles. The first-order valence-electron chi connectivity index (χ1n) is 10.2. The van der Waals surface area contributed by atoms with E-state index in [0.717, 1.165) is 18.7 Å². The van der Waals surface area contributed by atoms with Crippen molar-refractivity contribution in [1.82, 2.24) is 4.31 Å². The zero-order chi connectivity index (χ0) is 23.9. The van der Waals surface area contributed by atoms with Crippen LogP contribution >= 0.6 is 0 Å². The van der Waals surface area contributed by atoms with E-state index in [1.165, 1.54) is 16.4 Å². The number of rotatable bonds is 10. The third kappa shape index (κ3) is 6.92. The molecule has 0 radical (unpaired) electrons. The number of hydrogen-bond donors (Lipinski definition) is 4. The van der Waals surface area contributed by atoms with Gasteiger partial charge in [0.2, 0.25) is 10.0 Å². The largest absolute Gasteiger partial charge is 0.506 e. The highest BCUT2D eigenvalue weighted by Crippen LogP contribution is 2.28. The Labute approximate surface area is 188 Å². The van der Waals surface area contributed by atoms with Gasteiger partial charge in [-0.2, -0.15) is 4.31 Å². The second kappa shape index (κ2) is 11.3. The minimum atomic E-state index is -4.06. The summed E-state index contributed by atoms with van der Waals surface area (Å²) in [5, 5.41) is 22.9. The summed E-state index contributed by atoms with van der Waals surface area (Å²) in [7, 11) is -2.91. The molecule has 2 rings (SSSR count). The fraction of sp³-hybridized carbons (Fsp3) is 0.409. The molecular formula is C22H31N3O6S. The topological polar surface area (TPSA) is 142 Å². The van der Waals surface area contributed by atoms with E-state index in [2.05, 4.69) is 10.1 Å². The average molecular weight is 466 g/mol. The van der Waals surface area contributed by atoms with Crippen LogP contribution in [0.3, 0.4) is 0 Å². The van der Waals surface area contributed by atoms with Crippen molar-refractivity contribution in [3.63, 3.8) is 0 Å². The van der Waals surface area contributed by atoms with Crippen LogP contribution in [0.4, 0.5) is 10.5 Å². The lowest BCUT2D eigenvalue weighted by molar-refractivity contribution is 0.116. The minimum Gasteiger partial charge on any atom is -0.506 e. The smallest absolute Gasteiger partial charge is 0.411 e. The van der Waals surface area contributed by atoms with Crippen LogP contribution in [0.5, 0.6) is 5.75 Å². The van der Waals surface area contributed by atoms with Gasteiger partial charge in [0.05, 0.1) is 23.8 Å². The summed E-state index contributed by atoms with van der Waals surface area (Å²) in [5.41, 5.74) is 6.99. The molecule has 0 aromatic heterocycles. The van der Waals surface area contributed by atoms with Crippen LogP contribution in [0.15, 0.2) is 53.4 Å². The van der Waals surface area contributed by atoms with Crippen molar-refractivity contribution in [2.75, 3.05) is 25.5 Å². The number of nitrogens with one attached hydrogen (secondary N) is 1. The molecule has 0 unspecified atom stereocenters. The van der Waals surface area contributed by atoms with Crippen LogP contribution in [-0.2, 0) is 21.2 Å². The quantitative estimate of drug-likeness (QED) is 0.394. The molecule has 9 nitrogen and oxygen atoms in total. The summed E-state index contributed by atoms with van der Waals surface area (Å²) >= 11 is 0. The molecule has 2 atom stereocenters. The summed E-state index contributed by atoms with van der Waals surface area (Å²) in [6.07, 6.45) is -1.56. The van der Waals surface area contributed by atoms with Gasteiger partial charge in [0, 0.05) is 19.1 Å². The highest BCUT2D eigenvalue weighted by Gasteiger charge is 2.30. The number of phenols is 1. The zero-order valence-electron chi connectivity index (χ0n) is 18.4. The van der Waals surface area contributed by atoms with Gasteiger partial charge in [0.15, 0.2) is 0 Å². The molecule has 0 aliphatic carbocycles. The van der Waals surface area contributed by atoms with E-state index in [0.29, 0.717) is 6.42 Å². The lowest BCUT2D eigenvalue weighted by atomic mass is 10.0. The lowest BCUT2D eigenvalue weighted by Gasteiger charge is -2.29. The van der Waals surface area contributed by atoms with Crippen LogP contribution in [-0.4, -0.2) is 61.4 Å². The molecule has 0 aliphatic heterocycles. The molecule has 0 aliphatic rings. The molecule has 0 fully saturated rings. The maximum atomic E-state index is 13.4. The number of aliphatic hydroxyl groups excluding tert-OH is 1. The molecule has 5 N–H and O–H groups in total. The zero-order valence-corrected chi connectivity index (χ0v) is 19.2. The fourth-order valence-electron chi connectivity index (χ4n) is 3.13. The maximum absolute atomic E-state index is 13.4. The predicted molar refractivity (Wildman–Crippen MR) is 122 cm³/mol. The number of benzene rings is 2. The van der Waals surface area contributed by atoms with Crippen molar-refractivity contribution in [1.29, 1.82) is 0 Å². The third-order valence-corrected chi connectivity index (χ3v) is 6.62. The van der Waals surface area contributed by atoms with E-state index >= 15 is 0 Å². The van der Waals surface area contributed by atoms with Gasteiger partial charge in [-0.1, -0.05) is 44.2 Å². The Hall–Kier alpha value is -2.66. The summed E-state index contributed by atoms with van der Waals surface area (Å²) in [6.45, 7) is 3.67. The van der Waals surface area contributed by atoms with Gasteiger partial charge in [0.1, 0.15) is 5.75 Å². The standard InChI is InChI=1S/C22H31N3O6S/c1-15(2)13-25(14-21(27)18(23)11-16-7-5-4-6-8-16)32(29,30)17-9-10-20(26)19(12-17)24-22(28)31-3/h4-10,12,15,18,21,26-27H,11,13-14,23H2,1-3H3,(H,24,28)/t18-,21+/m0/s1. The molecule has 176 valence electrons. The number of hydrogen-bond acceptors (Lipinski definition) is 7. The first-order chi connectivity index (χ1) is 15.0. The number of amides is 1. The number of ether oxygens (including phenoxy) is 1. The number of methoxy groups -OCH3 is 1. The van der Waals surface area contributed by atoms with Crippen molar-refractivity contribution in [3.8, 4) is 5.75 Å². The van der Waals surface area contributed by atoms with E-state index in [1.54, 1.807) is 0 Å². The molecule has 1 amide bonds. The lowest BCUT2D eigenvalue weighted by Crippen LogP contribution is -2.47. The summed E-state index contributed by atoms with van der Waals surface area (Å²) in [4.78, 5) is 11.3. The highest BCUT2D eigenvalue weighted by atomic mass is 32.2. The van der Waals surface area contributed by atoms with Crippen LogP contribution in [0.2, 0.25) is 0 Å². The Kier molecular flexibility index (Phi) is 9.02. The van der Waals surface area contributed by atoms with Crippen molar-refractivity contribution >= 4 is 21.8 Å². The Morgan fingerprint density at radius 3 is 2.41 bits per heavy atom. The Bertz CT molecular complexity index is 998. The van der Waals surface area contributed by atoms with E-state index < -0.39 is 28.3 Å². The molecule has 2 aromatic rings. The molecule has 0 heterocycles. The van der Waals surface area contributed by atoms with E-state index in [1.807, 2.05) is 44.2 Å². The average Bonchev–Trinajstić information content (AvgIpc) is 2.74. The Balaban J connectivity index is 2.27. The fourth-order valence-corrected chi connectivity index (χ4v) is 4.78. The van der Waals surface area contributed by atoms with E-state index in [-0.39, 0.29) is 35.3 Å². The number of nitrogens with two attached hydrogens (primary N) is 1. The van der Waals surface area contributed by atoms with Crippen molar-refractivity contribution < 1.29 is 28.2 Å². The van der Waals surface area contributed by atoms with Gasteiger partial charge in [-0.3, -0.25) is 5.32 Å². The van der Waals surface area contributed by atoms with Crippen LogP contribution < -0.4 is 11.1 Å². The van der Waals surface area contributed by atoms with Crippen LogP contribution in [0, 0.1) is 5.92 Å². The highest BCUT2D eigenvalue weighted by molar-refractivity contribution is 7.89. The third-order valence-electron chi connectivity index (χ3n) is 4.80. The maximum Gasteiger partial charge on any atom is 0.411 e. The number of aromatic hydroxyl groups is 1. The molecule has 0 spiro atoms. The Morgan fingerprint density at radius 2 is 1.81 bits per heavy atom. The van der Waals surface area contributed by atoms with Crippen molar-refractivity contribution in [2.45, 2.75) is 37.3 Å². The second-order valence-electron chi connectivity index (χ2n) is 7.93. The van der Waals surface area contributed by atoms with Crippen LogP contribution in [0.1, 0.15) is 19.4 Å². The summed E-state index contributed by atoms with van der Waals surface area (Å²) < 4.78 is 32.4. The summed E-state index contributed by atoms with van der Waals surface area (Å²) in [5.74, 6) is -0.332. The van der Waals surface area contributed by atoms with Gasteiger partial charge < -0.3 is 20.7 Å². The molecule has 0 saturated carbocycles. The minimum absolute atomic E-state index is 0.0212. The van der Waals surface area contributed by atoms with Gasteiger partial charge in [-0.05, 0) is 36.1 Å². The molecule has 32 heavy (non-hydrogen) atoms. The van der Waals surface area contributed by atoms with E-state index in [9.17, 15) is 23.4 Å². The van der Waals surface area contributed by atoms with Crippen molar-refractivity contribution in [2.24, 2.45) is 11.7 Å². The first-order valence-corrected chi connectivity index (χ1v) is 11.6. The number of aliphatic hydroxyl groups is 1. The number of sulfonamides is 1. The molecule has 2 aromatic carbocycles. The Morgan fingerprint density at radius 1 is 1.16 bits per heavy atom.